The van der Waals surface area contributed by atoms with Crippen LogP contribution in [0.2, 0.25) is 0 Å². The Balaban J connectivity index is 1.77. The molecule has 0 radical (unpaired) electrons. The minimum atomic E-state index is -0.397. The van der Waals surface area contributed by atoms with Crippen molar-refractivity contribution in [1.82, 2.24) is 14.8 Å². The molecule has 3 rings (SSSR count). The summed E-state index contributed by atoms with van der Waals surface area (Å²) in [6, 6.07) is 11.8. The summed E-state index contributed by atoms with van der Waals surface area (Å²) >= 11 is 0. The summed E-state index contributed by atoms with van der Waals surface area (Å²) in [5.41, 5.74) is 2.04. The first-order valence-corrected chi connectivity index (χ1v) is 8.06. The van der Waals surface area contributed by atoms with Crippen LogP contribution >= 0.6 is 0 Å². The molecule has 6 heteroatoms. The molecule has 1 amide bonds. The highest BCUT2D eigenvalue weighted by atomic mass is 19.1. The van der Waals surface area contributed by atoms with Crippen LogP contribution < -0.4 is 5.32 Å². The Morgan fingerprint density at radius 3 is 2.68 bits per heavy atom. The number of anilines is 1. The molecule has 1 N–H and O–H groups in total. The van der Waals surface area contributed by atoms with Gasteiger partial charge in [-0.2, -0.15) is 5.10 Å². The van der Waals surface area contributed by atoms with E-state index in [1.165, 1.54) is 10.7 Å². The first kappa shape index (κ1) is 16.8. The van der Waals surface area contributed by atoms with Crippen LogP contribution in [0.15, 0.2) is 54.9 Å². The molecule has 1 aromatic carbocycles. The SMILES string of the molecule is Cc1cc(NC(=O)CC(C)c2ccncc2)n(-c2ccccc2F)n1. The second kappa shape index (κ2) is 7.25. The van der Waals surface area contributed by atoms with Crippen LogP contribution in [0.25, 0.3) is 5.69 Å². The van der Waals surface area contributed by atoms with Crippen LogP contribution in [-0.4, -0.2) is 20.7 Å². The maximum absolute atomic E-state index is 14.1. The molecule has 25 heavy (non-hydrogen) atoms. The number of halogens is 1. The fourth-order valence-electron chi connectivity index (χ4n) is 2.68. The lowest BCUT2D eigenvalue weighted by atomic mass is 9.99. The van der Waals surface area contributed by atoms with Gasteiger partial charge in [0.25, 0.3) is 0 Å². The minimum Gasteiger partial charge on any atom is -0.311 e. The van der Waals surface area contributed by atoms with Gasteiger partial charge in [0.1, 0.15) is 17.3 Å². The summed E-state index contributed by atoms with van der Waals surface area (Å²) in [6.07, 6.45) is 3.73. The van der Waals surface area contributed by atoms with Gasteiger partial charge in [-0.1, -0.05) is 19.1 Å². The maximum atomic E-state index is 14.1. The van der Waals surface area contributed by atoms with E-state index in [1.54, 1.807) is 43.6 Å². The van der Waals surface area contributed by atoms with Crippen molar-refractivity contribution in [2.24, 2.45) is 0 Å². The third-order valence-corrected chi connectivity index (χ3v) is 3.95. The Hall–Kier alpha value is -3.02. The summed E-state index contributed by atoms with van der Waals surface area (Å²) in [6.45, 7) is 3.78. The molecule has 0 bridgehead atoms. The van der Waals surface area contributed by atoms with Crippen molar-refractivity contribution in [3.05, 3.63) is 71.9 Å². The monoisotopic (exact) mass is 338 g/mol. The van der Waals surface area contributed by atoms with Crippen molar-refractivity contribution >= 4 is 11.7 Å². The van der Waals surface area contributed by atoms with Gasteiger partial charge < -0.3 is 5.32 Å². The average molecular weight is 338 g/mol. The predicted molar refractivity (Wildman–Crippen MR) is 94.2 cm³/mol. The van der Waals surface area contributed by atoms with E-state index in [9.17, 15) is 9.18 Å². The first-order chi connectivity index (χ1) is 12.0. The zero-order valence-electron chi connectivity index (χ0n) is 14.1. The number of nitrogens with zero attached hydrogens (tertiary/aromatic N) is 3. The lowest BCUT2D eigenvalue weighted by Crippen LogP contribution is -2.17. The molecule has 0 saturated carbocycles. The van der Waals surface area contributed by atoms with E-state index < -0.39 is 5.82 Å². The lowest BCUT2D eigenvalue weighted by Gasteiger charge is -2.13. The van der Waals surface area contributed by atoms with Crippen LogP contribution in [0, 0.1) is 12.7 Å². The first-order valence-electron chi connectivity index (χ1n) is 8.06. The van der Waals surface area contributed by atoms with E-state index in [2.05, 4.69) is 15.4 Å². The molecule has 0 saturated heterocycles. The number of nitrogens with one attached hydrogen (secondary N) is 1. The fraction of sp³-hybridized carbons (Fsp3) is 0.211. The largest absolute Gasteiger partial charge is 0.311 e. The second-order valence-corrected chi connectivity index (χ2v) is 5.97. The number of benzene rings is 1. The van der Waals surface area contributed by atoms with Crippen molar-refractivity contribution < 1.29 is 9.18 Å². The summed E-state index contributed by atoms with van der Waals surface area (Å²) in [5, 5.41) is 7.12. The number of carbonyl (C=O) groups is 1. The highest BCUT2D eigenvalue weighted by Crippen LogP contribution is 2.22. The van der Waals surface area contributed by atoms with Gasteiger partial charge in [0.05, 0.1) is 5.69 Å². The molecular weight excluding hydrogens is 319 g/mol. The normalized spacial score (nSPS) is 12.0. The van der Waals surface area contributed by atoms with Crippen molar-refractivity contribution in [3.8, 4) is 5.69 Å². The Morgan fingerprint density at radius 1 is 1.24 bits per heavy atom. The molecular formula is C19H19FN4O. The number of carbonyl (C=O) groups excluding carboxylic acids is 1. The molecule has 2 aromatic heterocycles. The molecule has 0 aliphatic rings. The molecule has 0 fully saturated rings. The summed E-state index contributed by atoms with van der Waals surface area (Å²) in [5.74, 6) is -0.0449. The van der Waals surface area contributed by atoms with Crippen molar-refractivity contribution in [1.29, 1.82) is 0 Å². The van der Waals surface area contributed by atoms with E-state index in [4.69, 9.17) is 0 Å². The number of amides is 1. The van der Waals surface area contributed by atoms with E-state index >= 15 is 0 Å². The van der Waals surface area contributed by atoms with Crippen LogP contribution in [0.1, 0.15) is 30.5 Å². The Bertz CT molecular complexity index is 876. The van der Waals surface area contributed by atoms with Crippen molar-refractivity contribution in [2.75, 3.05) is 5.32 Å². The molecule has 2 heterocycles. The predicted octanol–water partition coefficient (Wildman–Crippen LogP) is 3.85. The summed E-state index contributed by atoms with van der Waals surface area (Å²) in [4.78, 5) is 16.4. The number of pyridine rings is 1. The van der Waals surface area contributed by atoms with Crippen LogP contribution in [0.3, 0.4) is 0 Å². The van der Waals surface area contributed by atoms with Gasteiger partial charge >= 0.3 is 0 Å². The van der Waals surface area contributed by atoms with Gasteiger partial charge in [-0.05, 0) is 42.7 Å². The van der Waals surface area contributed by atoms with Crippen LogP contribution in [-0.2, 0) is 4.79 Å². The Kier molecular flexibility index (Phi) is 4.88. The van der Waals surface area contributed by atoms with Gasteiger partial charge in [0.2, 0.25) is 5.91 Å². The molecule has 128 valence electrons. The Labute approximate surface area is 145 Å². The van der Waals surface area contributed by atoms with Gasteiger partial charge in [-0.25, -0.2) is 9.07 Å². The number of hydrogen-bond donors (Lipinski definition) is 1. The molecule has 5 nitrogen and oxygen atoms in total. The quantitative estimate of drug-likeness (QED) is 0.769. The van der Waals surface area contributed by atoms with E-state index in [-0.39, 0.29) is 11.8 Å². The van der Waals surface area contributed by atoms with Crippen molar-refractivity contribution in [3.63, 3.8) is 0 Å². The number of rotatable bonds is 5. The summed E-state index contributed by atoms with van der Waals surface area (Å²) < 4.78 is 15.5. The highest BCUT2D eigenvalue weighted by molar-refractivity contribution is 5.90. The van der Waals surface area contributed by atoms with Crippen LogP contribution in [0.4, 0.5) is 10.2 Å². The van der Waals surface area contributed by atoms with Gasteiger partial charge in [-0.15, -0.1) is 0 Å². The fourth-order valence-corrected chi connectivity index (χ4v) is 2.68. The number of aryl methyl sites for hydroxylation is 1. The molecule has 0 aliphatic carbocycles. The minimum absolute atomic E-state index is 0.0499. The average Bonchev–Trinajstić information content (AvgIpc) is 2.96. The Morgan fingerprint density at radius 2 is 1.96 bits per heavy atom. The zero-order chi connectivity index (χ0) is 17.8. The van der Waals surface area contributed by atoms with Gasteiger partial charge in [-0.3, -0.25) is 9.78 Å². The molecule has 0 aliphatic heterocycles. The third kappa shape index (κ3) is 3.91. The van der Waals surface area contributed by atoms with Gasteiger partial charge in [0, 0.05) is 24.9 Å². The van der Waals surface area contributed by atoms with Gasteiger partial charge in [0.15, 0.2) is 0 Å². The molecule has 1 unspecified atom stereocenters. The maximum Gasteiger partial charge on any atom is 0.226 e. The number of para-hydroxylation sites is 1. The van der Waals surface area contributed by atoms with Crippen LogP contribution in [0.5, 0.6) is 0 Å². The topological polar surface area (TPSA) is 59.8 Å². The highest BCUT2D eigenvalue weighted by Gasteiger charge is 2.16. The van der Waals surface area contributed by atoms with E-state index in [0.29, 0.717) is 23.6 Å². The summed E-state index contributed by atoms with van der Waals surface area (Å²) in [7, 11) is 0. The molecule has 1 atom stereocenters. The zero-order valence-corrected chi connectivity index (χ0v) is 14.1. The number of hydrogen-bond acceptors (Lipinski definition) is 3. The lowest BCUT2D eigenvalue weighted by molar-refractivity contribution is -0.116. The second-order valence-electron chi connectivity index (χ2n) is 5.97. The van der Waals surface area contributed by atoms with E-state index in [0.717, 1.165) is 5.56 Å². The van der Waals surface area contributed by atoms with E-state index in [1.807, 2.05) is 19.1 Å². The molecule has 3 aromatic rings. The smallest absolute Gasteiger partial charge is 0.226 e. The third-order valence-electron chi connectivity index (χ3n) is 3.95. The standard InChI is InChI=1S/C19H19FN4O/c1-13(15-7-9-21-10-8-15)11-19(25)22-18-12-14(2)23-24(18)17-6-4-3-5-16(17)20/h3-10,12-13H,11H2,1-2H3,(H,22,25). The molecule has 0 spiro atoms. The number of aromatic nitrogens is 3. The van der Waals surface area contributed by atoms with Crippen molar-refractivity contribution in [2.45, 2.75) is 26.2 Å².